The van der Waals surface area contributed by atoms with Gasteiger partial charge in [-0.2, -0.15) is 5.10 Å². The summed E-state index contributed by atoms with van der Waals surface area (Å²) >= 11 is 0. The lowest BCUT2D eigenvalue weighted by molar-refractivity contribution is 0.351. The van der Waals surface area contributed by atoms with Crippen LogP contribution in [0.25, 0.3) is 0 Å². The normalized spacial score (nSPS) is 26.8. The van der Waals surface area contributed by atoms with Crippen LogP contribution in [0.15, 0.2) is 12.4 Å². The molecule has 2 fully saturated rings. The summed E-state index contributed by atoms with van der Waals surface area (Å²) in [5.41, 5.74) is 1.45. The molecule has 0 amide bonds. The van der Waals surface area contributed by atoms with Crippen LogP contribution in [0.5, 0.6) is 0 Å². The molecule has 82 valence electrons. The van der Waals surface area contributed by atoms with Gasteiger partial charge in [0.05, 0.1) is 12.7 Å². The van der Waals surface area contributed by atoms with E-state index in [-0.39, 0.29) is 0 Å². The molecule has 0 radical (unpaired) electrons. The second-order valence-electron chi connectivity index (χ2n) is 4.92. The first-order chi connectivity index (χ1) is 7.42. The molecular formula is C12H19N3. The number of nitrogens with zero attached hydrogens (tertiary/aromatic N) is 2. The zero-order valence-corrected chi connectivity index (χ0v) is 9.15. The van der Waals surface area contributed by atoms with Crippen LogP contribution in [0.4, 0.5) is 0 Å². The van der Waals surface area contributed by atoms with Crippen LogP contribution in [0.2, 0.25) is 0 Å². The van der Waals surface area contributed by atoms with E-state index in [2.05, 4.69) is 27.5 Å². The van der Waals surface area contributed by atoms with E-state index in [4.69, 9.17) is 0 Å². The van der Waals surface area contributed by atoms with Crippen molar-refractivity contribution < 1.29 is 0 Å². The predicted molar refractivity (Wildman–Crippen MR) is 59.8 cm³/mol. The molecule has 1 aromatic heterocycles. The molecule has 1 unspecified atom stereocenters. The van der Waals surface area contributed by atoms with Gasteiger partial charge in [0.1, 0.15) is 0 Å². The molecule has 1 aliphatic carbocycles. The molecule has 0 spiro atoms. The van der Waals surface area contributed by atoms with E-state index in [0.717, 1.165) is 12.5 Å². The van der Waals surface area contributed by atoms with Crippen LogP contribution >= 0.6 is 0 Å². The zero-order chi connectivity index (χ0) is 10.1. The van der Waals surface area contributed by atoms with Gasteiger partial charge in [-0.3, -0.25) is 4.68 Å². The van der Waals surface area contributed by atoms with Gasteiger partial charge in [0.25, 0.3) is 0 Å². The summed E-state index contributed by atoms with van der Waals surface area (Å²) in [6.45, 7) is 2.23. The van der Waals surface area contributed by atoms with Gasteiger partial charge < -0.3 is 5.32 Å². The standard InChI is InChI=1S/C12H19N3/c1-2-6-13-12(3-1)9-15-8-11(7-14-15)10-4-5-10/h7-8,10,12-13H,1-6,9H2. The maximum absolute atomic E-state index is 4.45. The van der Waals surface area contributed by atoms with Gasteiger partial charge in [-0.1, -0.05) is 6.42 Å². The van der Waals surface area contributed by atoms with Crippen LogP contribution < -0.4 is 5.32 Å². The number of nitrogens with one attached hydrogen (secondary N) is 1. The van der Waals surface area contributed by atoms with E-state index in [9.17, 15) is 0 Å². The van der Waals surface area contributed by atoms with Gasteiger partial charge in [0, 0.05) is 12.2 Å². The molecule has 3 rings (SSSR count). The van der Waals surface area contributed by atoms with Crippen LogP contribution in [0.3, 0.4) is 0 Å². The van der Waals surface area contributed by atoms with Crippen molar-refractivity contribution in [1.82, 2.24) is 15.1 Å². The summed E-state index contributed by atoms with van der Waals surface area (Å²) in [6.07, 6.45) is 11.0. The Morgan fingerprint density at radius 1 is 1.33 bits per heavy atom. The lowest BCUT2D eigenvalue weighted by Crippen LogP contribution is -2.37. The average Bonchev–Trinajstić information content (AvgIpc) is 3.02. The number of rotatable bonds is 3. The molecular weight excluding hydrogens is 186 g/mol. The third-order valence-electron chi connectivity index (χ3n) is 3.52. The molecule has 1 saturated carbocycles. The summed E-state index contributed by atoms with van der Waals surface area (Å²) in [7, 11) is 0. The number of hydrogen-bond donors (Lipinski definition) is 1. The van der Waals surface area contributed by atoms with E-state index in [0.29, 0.717) is 6.04 Å². The Bertz CT molecular complexity index is 321. The third-order valence-corrected chi connectivity index (χ3v) is 3.52. The molecule has 2 aliphatic rings. The van der Waals surface area contributed by atoms with Crippen molar-refractivity contribution in [1.29, 1.82) is 0 Å². The molecule has 0 bridgehead atoms. The Balaban J connectivity index is 1.60. The third kappa shape index (κ3) is 2.23. The second kappa shape index (κ2) is 3.97. The Kier molecular flexibility index (Phi) is 2.49. The summed E-state index contributed by atoms with van der Waals surface area (Å²) in [4.78, 5) is 0. The topological polar surface area (TPSA) is 29.9 Å². The highest BCUT2D eigenvalue weighted by Crippen LogP contribution is 2.39. The fraction of sp³-hybridized carbons (Fsp3) is 0.750. The van der Waals surface area contributed by atoms with Crippen molar-refractivity contribution in [3.8, 4) is 0 Å². The van der Waals surface area contributed by atoms with Crippen LogP contribution in [-0.4, -0.2) is 22.4 Å². The van der Waals surface area contributed by atoms with Crippen molar-refractivity contribution in [2.75, 3.05) is 6.54 Å². The van der Waals surface area contributed by atoms with Gasteiger partial charge >= 0.3 is 0 Å². The maximum Gasteiger partial charge on any atom is 0.0562 e. The Morgan fingerprint density at radius 3 is 3.00 bits per heavy atom. The quantitative estimate of drug-likeness (QED) is 0.817. The van der Waals surface area contributed by atoms with Gasteiger partial charge in [-0.05, 0) is 43.7 Å². The number of aromatic nitrogens is 2. The van der Waals surface area contributed by atoms with E-state index in [1.807, 2.05) is 0 Å². The van der Waals surface area contributed by atoms with Crippen molar-refractivity contribution in [2.45, 2.75) is 50.6 Å². The van der Waals surface area contributed by atoms with Crippen molar-refractivity contribution in [3.63, 3.8) is 0 Å². The fourth-order valence-electron chi connectivity index (χ4n) is 2.41. The van der Waals surface area contributed by atoms with E-state index >= 15 is 0 Å². The highest BCUT2D eigenvalue weighted by molar-refractivity contribution is 5.16. The minimum atomic E-state index is 0.644. The Morgan fingerprint density at radius 2 is 2.27 bits per heavy atom. The van der Waals surface area contributed by atoms with Crippen LogP contribution in [-0.2, 0) is 6.54 Å². The van der Waals surface area contributed by atoms with Crippen LogP contribution in [0, 0.1) is 0 Å². The molecule has 3 nitrogen and oxygen atoms in total. The summed E-state index contributed by atoms with van der Waals surface area (Å²) in [5, 5.41) is 8.01. The monoisotopic (exact) mass is 205 g/mol. The minimum Gasteiger partial charge on any atom is -0.312 e. The highest BCUT2D eigenvalue weighted by atomic mass is 15.3. The van der Waals surface area contributed by atoms with Gasteiger partial charge in [-0.15, -0.1) is 0 Å². The molecule has 1 aromatic rings. The van der Waals surface area contributed by atoms with E-state index < -0.39 is 0 Å². The number of hydrogen-bond acceptors (Lipinski definition) is 2. The van der Waals surface area contributed by atoms with Crippen molar-refractivity contribution >= 4 is 0 Å². The predicted octanol–water partition coefficient (Wildman–Crippen LogP) is 1.90. The molecule has 0 aromatic carbocycles. The molecule has 1 N–H and O–H groups in total. The van der Waals surface area contributed by atoms with Gasteiger partial charge in [-0.25, -0.2) is 0 Å². The van der Waals surface area contributed by atoms with Crippen molar-refractivity contribution in [2.24, 2.45) is 0 Å². The summed E-state index contributed by atoms with van der Waals surface area (Å²) in [6, 6.07) is 0.644. The lowest BCUT2D eigenvalue weighted by Gasteiger charge is -2.23. The minimum absolute atomic E-state index is 0.644. The highest BCUT2D eigenvalue weighted by Gasteiger charge is 2.25. The molecule has 3 heteroatoms. The Hall–Kier alpha value is -0.830. The molecule has 2 heterocycles. The Labute approximate surface area is 90.9 Å². The molecule has 15 heavy (non-hydrogen) atoms. The zero-order valence-electron chi connectivity index (χ0n) is 9.15. The first-order valence-electron chi connectivity index (χ1n) is 6.17. The van der Waals surface area contributed by atoms with Crippen LogP contribution in [0.1, 0.15) is 43.6 Å². The van der Waals surface area contributed by atoms with Gasteiger partial charge in [0.15, 0.2) is 0 Å². The molecule has 1 saturated heterocycles. The SMILES string of the molecule is c1nn(CC2CCCCN2)cc1C1CC1. The van der Waals surface area contributed by atoms with Crippen molar-refractivity contribution in [3.05, 3.63) is 18.0 Å². The lowest BCUT2D eigenvalue weighted by atomic mass is 10.1. The summed E-state index contributed by atoms with van der Waals surface area (Å²) in [5.74, 6) is 0.832. The second-order valence-corrected chi connectivity index (χ2v) is 4.92. The first kappa shape index (κ1) is 9.40. The maximum atomic E-state index is 4.45. The first-order valence-corrected chi connectivity index (χ1v) is 6.17. The molecule has 1 aliphatic heterocycles. The average molecular weight is 205 g/mol. The van der Waals surface area contributed by atoms with E-state index in [1.165, 1.54) is 44.2 Å². The smallest absolute Gasteiger partial charge is 0.0562 e. The fourth-order valence-corrected chi connectivity index (χ4v) is 2.41. The summed E-state index contributed by atoms with van der Waals surface area (Å²) < 4.78 is 2.12. The van der Waals surface area contributed by atoms with E-state index in [1.54, 1.807) is 0 Å². The molecule has 1 atom stereocenters. The van der Waals surface area contributed by atoms with Gasteiger partial charge in [0.2, 0.25) is 0 Å². The largest absolute Gasteiger partial charge is 0.312 e. The number of piperidine rings is 1.